The smallest absolute Gasteiger partial charge is 0.323 e. The summed E-state index contributed by atoms with van der Waals surface area (Å²) in [6, 6.07) is 8.87. The maximum atomic E-state index is 12.5. The summed E-state index contributed by atoms with van der Waals surface area (Å²) in [5, 5.41) is 8.89. The number of rotatable bonds is 7. The molecule has 0 aliphatic heterocycles. The first-order valence-electron chi connectivity index (χ1n) is 6.24. The van der Waals surface area contributed by atoms with Gasteiger partial charge in [-0.25, -0.2) is 0 Å². The standard InChI is InChI=1S/C14H20N2O4/c1-14(15,11-6-4-3-5-7-11)13(19)16(8-9-20-2)10-12(17)18/h3-7H,8-10,15H2,1-2H3,(H,17,18). The van der Waals surface area contributed by atoms with Crippen LogP contribution >= 0.6 is 0 Å². The second-order valence-electron chi connectivity index (χ2n) is 4.68. The number of carbonyl (C=O) groups is 2. The van der Waals surface area contributed by atoms with E-state index in [9.17, 15) is 9.59 Å². The van der Waals surface area contributed by atoms with Gasteiger partial charge in [0.1, 0.15) is 12.1 Å². The van der Waals surface area contributed by atoms with Crippen LogP contribution in [-0.2, 0) is 19.9 Å². The summed E-state index contributed by atoms with van der Waals surface area (Å²) in [4.78, 5) is 24.5. The summed E-state index contributed by atoms with van der Waals surface area (Å²) in [5.41, 5.74) is 5.47. The molecule has 1 aromatic carbocycles. The number of benzene rings is 1. The normalized spacial score (nSPS) is 13.6. The third-order valence-electron chi connectivity index (χ3n) is 3.00. The molecule has 1 atom stereocenters. The largest absolute Gasteiger partial charge is 0.480 e. The molecule has 0 aliphatic rings. The van der Waals surface area contributed by atoms with E-state index in [-0.39, 0.29) is 13.2 Å². The summed E-state index contributed by atoms with van der Waals surface area (Å²) in [6.07, 6.45) is 0. The van der Waals surface area contributed by atoms with E-state index >= 15 is 0 Å². The fourth-order valence-electron chi connectivity index (χ4n) is 1.85. The zero-order valence-electron chi connectivity index (χ0n) is 11.7. The van der Waals surface area contributed by atoms with Gasteiger partial charge in [0, 0.05) is 13.7 Å². The van der Waals surface area contributed by atoms with Gasteiger partial charge in [0.2, 0.25) is 5.91 Å². The number of nitrogens with two attached hydrogens (primary N) is 1. The van der Waals surface area contributed by atoms with Crippen LogP contribution in [0.5, 0.6) is 0 Å². The van der Waals surface area contributed by atoms with Gasteiger partial charge < -0.3 is 20.5 Å². The number of aliphatic carboxylic acids is 1. The Bertz CT molecular complexity index is 460. The molecule has 1 aromatic rings. The number of hydrogen-bond acceptors (Lipinski definition) is 4. The number of hydrogen-bond donors (Lipinski definition) is 2. The van der Waals surface area contributed by atoms with Gasteiger partial charge in [0.15, 0.2) is 0 Å². The molecule has 0 aliphatic carbocycles. The third-order valence-corrected chi connectivity index (χ3v) is 3.00. The highest BCUT2D eigenvalue weighted by Crippen LogP contribution is 2.20. The van der Waals surface area contributed by atoms with E-state index in [0.717, 1.165) is 0 Å². The molecule has 0 fully saturated rings. The predicted molar refractivity (Wildman–Crippen MR) is 74.1 cm³/mol. The Kier molecular flexibility index (Phi) is 5.66. The van der Waals surface area contributed by atoms with E-state index in [1.54, 1.807) is 31.2 Å². The maximum Gasteiger partial charge on any atom is 0.323 e. The molecule has 0 spiro atoms. The molecule has 6 heteroatoms. The van der Waals surface area contributed by atoms with Gasteiger partial charge in [-0.2, -0.15) is 0 Å². The van der Waals surface area contributed by atoms with Crippen LogP contribution in [0.15, 0.2) is 30.3 Å². The molecule has 20 heavy (non-hydrogen) atoms. The summed E-state index contributed by atoms with van der Waals surface area (Å²) in [6.45, 7) is 1.61. The highest BCUT2D eigenvalue weighted by molar-refractivity contribution is 5.89. The van der Waals surface area contributed by atoms with Gasteiger partial charge in [-0.1, -0.05) is 30.3 Å². The highest BCUT2D eigenvalue weighted by Gasteiger charge is 2.35. The molecule has 3 N–H and O–H groups in total. The SMILES string of the molecule is COCCN(CC(=O)O)C(=O)C(C)(N)c1ccccc1. The molecule has 1 unspecified atom stereocenters. The Hall–Kier alpha value is -1.92. The fraction of sp³-hybridized carbons (Fsp3) is 0.429. The van der Waals surface area contributed by atoms with Gasteiger partial charge in [-0.3, -0.25) is 9.59 Å². The second-order valence-corrected chi connectivity index (χ2v) is 4.68. The van der Waals surface area contributed by atoms with E-state index in [4.69, 9.17) is 15.6 Å². The lowest BCUT2D eigenvalue weighted by atomic mass is 9.91. The zero-order valence-corrected chi connectivity index (χ0v) is 11.7. The summed E-state index contributed by atoms with van der Waals surface area (Å²) in [5.74, 6) is -1.53. The molecule has 6 nitrogen and oxygen atoms in total. The van der Waals surface area contributed by atoms with Gasteiger partial charge in [-0.05, 0) is 12.5 Å². The number of methoxy groups -OCH3 is 1. The Morgan fingerprint density at radius 1 is 1.35 bits per heavy atom. The molecule has 0 bridgehead atoms. The molecule has 0 heterocycles. The average molecular weight is 280 g/mol. The fourth-order valence-corrected chi connectivity index (χ4v) is 1.85. The second kappa shape index (κ2) is 7.02. The van der Waals surface area contributed by atoms with Crippen LogP contribution in [0.4, 0.5) is 0 Å². The van der Waals surface area contributed by atoms with Crippen molar-refractivity contribution in [1.82, 2.24) is 4.90 Å². The molecule has 1 amide bonds. The highest BCUT2D eigenvalue weighted by atomic mass is 16.5. The van der Waals surface area contributed by atoms with Crippen molar-refractivity contribution in [3.8, 4) is 0 Å². The number of carbonyl (C=O) groups excluding carboxylic acids is 1. The molecule has 0 aromatic heterocycles. The minimum atomic E-state index is -1.27. The number of ether oxygens (including phenoxy) is 1. The lowest BCUT2D eigenvalue weighted by Crippen LogP contribution is -2.53. The predicted octanol–water partition coefficient (Wildman–Crippen LogP) is 0.420. The van der Waals surface area contributed by atoms with Crippen LogP contribution in [0.2, 0.25) is 0 Å². The molecule has 1 rings (SSSR count). The Morgan fingerprint density at radius 2 is 1.95 bits per heavy atom. The van der Waals surface area contributed by atoms with E-state index < -0.39 is 24.0 Å². The van der Waals surface area contributed by atoms with Crippen LogP contribution in [0.1, 0.15) is 12.5 Å². The van der Waals surface area contributed by atoms with Crippen molar-refractivity contribution in [1.29, 1.82) is 0 Å². The Balaban J connectivity index is 2.94. The minimum Gasteiger partial charge on any atom is -0.480 e. The van der Waals surface area contributed by atoms with Crippen molar-refractivity contribution >= 4 is 11.9 Å². The van der Waals surface area contributed by atoms with Crippen molar-refractivity contribution in [2.24, 2.45) is 5.73 Å². The van der Waals surface area contributed by atoms with Gasteiger partial charge in [0.25, 0.3) is 0 Å². The van der Waals surface area contributed by atoms with Crippen molar-refractivity contribution < 1.29 is 19.4 Å². The van der Waals surface area contributed by atoms with Crippen LogP contribution in [0, 0.1) is 0 Å². The van der Waals surface area contributed by atoms with Crippen molar-refractivity contribution in [2.75, 3.05) is 26.8 Å². The molecule has 0 radical (unpaired) electrons. The van der Waals surface area contributed by atoms with Crippen LogP contribution < -0.4 is 5.73 Å². The molecule has 110 valence electrons. The topological polar surface area (TPSA) is 92.9 Å². The van der Waals surface area contributed by atoms with E-state index in [2.05, 4.69) is 0 Å². The number of carboxylic acid groups (broad SMARTS) is 1. The number of nitrogens with zero attached hydrogens (tertiary/aromatic N) is 1. The quantitative estimate of drug-likeness (QED) is 0.755. The molecule has 0 saturated heterocycles. The van der Waals surface area contributed by atoms with E-state index in [1.807, 2.05) is 6.07 Å². The maximum absolute atomic E-state index is 12.5. The number of amides is 1. The first-order valence-corrected chi connectivity index (χ1v) is 6.24. The number of carboxylic acids is 1. The summed E-state index contributed by atoms with van der Waals surface area (Å²) < 4.78 is 4.89. The van der Waals surface area contributed by atoms with Crippen LogP contribution in [-0.4, -0.2) is 48.7 Å². The monoisotopic (exact) mass is 280 g/mol. The third kappa shape index (κ3) is 4.04. The molecular formula is C14H20N2O4. The average Bonchev–Trinajstić information content (AvgIpc) is 2.43. The van der Waals surface area contributed by atoms with Gasteiger partial charge in [-0.15, -0.1) is 0 Å². The lowest BCUT2D eigenvalue weighted by molar-refractivity contribution is -0.147. The zero-order chi connectivity index (χ0) is 15.2. The lowest BCUT2D eigenvalue weighted by Gasteiger charge is -2.31. The van der Waals surface area contributed by atoms with Crippen LogP contribution in [0.25, 0.3) is 0 Å². The van der Waals surface area contributed by atoms with Crippen molar-refractivity contribution in [2.45, 2.75) is 12.5 Å². The van der Waals surface area contributed by atoms with Gasteiger partial charge in [0.05, 0.1) is 6.61 Å². The van der Waals surface area contributed by atoms with Crippen LogP contribution in [0.3, 0.4) is 0 Å². The summed E-state index contributed by atoms with van der Waals surface area (Å²) in [7, 11) is 1.49. The summed E-state index contributed by atoms with van der Waals surface area (Å²) >= 11 is 0. The molecule has 0 saturated carbocycles. The Labute approximate surface area is 118 Å². The van der Waals surface area contributed by atoms with Crippen molar-refractivity contribution in [3.05, 3.63) is 35.9 Å². The minimum absolute atomic E-state index is 0.182. The van der Waals surface area contributed by atoms with E-state index in [1.165, 1.54) is 12.0 Å². The van der Waals surface area contributed by atoms with E-state index in [0.29, 0.717) is 5.56 Å². The Morgan fingerprint density at radius 3 is 2.45 bits per heavy atom. The van der Waals surface area contributed by atoms with Gasteiger partial charge >= 0.3 is 5.97 Å². The first kappa shape index (κ1) is 16.1. The molecular weight excluding hydrogens is 260 g/mol. The van der Waals surface area contributed by atoms with Crippen molar-refractivity contribution in [3.63, 3.8) is 0 Å². The first-order chi connectivity index (χ1) is 9.39.